The third-order valence-electron chi connectivity index (χ3n) is 2.73. The molecule has 1 fully saturated rings. The van der Waals surface area contributed by atoms with Crippen molar-refractivity contribution in [3.63, 3.8) is 0 Å². The Morgan fingerprint density at radius 3 is 2.73 bits per heavy atom. The number of thiocarbonyl (C=S) groups is 1. The molecule has 0 aromatic heterocycles. The Bertz CT molecular complexity index is 658. The van der Waals surface area contributed by atoms with E-state index in [0.29, 0.717) is 20.5 Å². The number of aliphatic carboxylic acids is 1. The number of para-hydroxylation sites is 1. The molecule has 0 atom stereocenters. The largest absolute Gasteiger partial charge is 0.481 e. The molecular weight excluding hydrogens is 324 g/mol. The first-order chi connectivity index (χ1) is 10.4. The van der Waals surface area contributed by atoms with E-state index in [0.717, 1.165) is 0 Å². The molecule has 116 valence electrons. The van der Waals surface area contributed by atoms with Crippen molar-refractivity contribution in [2.24, 2.45) is 0 Å². The first kappa shape index (κ1) is 16.5. The Hall–Kier alpha value is -1.90. The molecule has 1 heterocycles. The number of benzene rings is 1. The van der Waals surface area contributed by atoms with Crippen molar-refractivity contribution in [3.8, 4) is 5.75 Å². The van der Waals surface area contributed by atoms with Crippen molar-refractivity contribution < 1.29 is 19.4 Å². The minimum Gasteiger partial charge on any atom is -0.481 e. The lowest BCUT2D eigenvalue weighted by molar-refractivity contribution is -0.139. The highest BCUT2D eigenvalue weighted by molar-refractivity contribution is 8.26. The maximum absolute atomic E-state index is 12.3. The lowest BCUT2D eigenvalue weighted by atomic mass is 10.2. The molecule has 0 bridgehead atoms. The normalized spacial score (nSPS) is 16.7. The van der Waals surface area contributed by atoms with Crippen LogP contribution in [0, 0.1) is 0 Å². The summed E-state index contributed by atoms with van der Waals surface area (Å²) in [5.74, 6) is -0.873. The maximum atomic E-state index is 12.3. The third kappa shape index (κ3) is 3.65. The number of hydrogen-bond acceptors (Lipinski definition) is 6. The van der Waals surface area contributed by atoms with Gasteiger partial charge in [0.25, 0.3) is 5.91 Å². The highest BCUT2D eigenvalue weighted by Gasteiger charge is 2.33. The number of nitrogens with zero attached hydrogens (tertiary/aromatic N) is 2. The van der Waals surface area contributed by atoms with Gasteiger partial charge in [-0.2, -0.15) is 0 Å². The Kier molecular flexibility index (Phi) is 5.17. The summed E-state index contributed by atoms with van der Waals surface area (Å²) in [6.07, 6.45) is 1.65. The van der Waals surface area contributed by atoms with E-state index in [4.69, 9.17) is 22.1 Å². The molecule has 0 spiro atoms. The summed E-state index contributed by atoms with van der Waals surface area (Å²) >= 11 is 6.38. The number of hydrazine groups is 1. The quantitative estimate of drug-likeness (QED) is 0.649. The zero-order valence-electron chi connectivity index (χ0n) is 12.0. The van der Waals surface area contributed by atoms with Gasteiger partial charge in [-0.1, -0.05) is 42.2 Å². The molecule has 1 aliphatic rings. The van der Waals surface area contributed by atoms with Crippen LogP contribution in [0.4, 0.5) is 0 Å². The number of carboxylic acid groups (broad SMARTS) is 1. The molecule has 8 heteroatoms. The molecule has 1 aromatic carbocycles. The van der Waals surface area contributed by atoms with Gasteiger partial charge in [0, 0.05) is 19.7 Å². The summed E-state index contributed by atoms with van der Waals surface area (Å²) < 4.78 is 5.67. The van der Waals surface area contributed by atoms with Crippen molar-refractivity contribution in [1.82, 2.24) is 10.0 Å². The SMILES string of the molecule is CN(C)N1C(=O)/C(=C/c2ccccc2OCC(=O)O)SC1=S. The van der Waals surface area contributed by atoms with E-state index in [1.54, 1.807) is 49.4 Å². The van der Waals surface area contributed by atoms with Crippen LogP contribution in [0.1, 0.15) is 5.56 Å². The van der Waals surface area contributed by atoms with E-state index in [1.165, 1.54) is 16.8 Å². The van der Waals surface area contributed by atoms with E-state index < -0.39 is 12.6 Å². The second kappa shape index (κ2) is 6.91. The highest BCUT2D eigenvalue weighted by atomic mass is 32.2. The van der Waals surface area contributed by atoms with Gasteiger partial charge in [0.1, 0.15) is 5.75 Å². The molecule has 1 amide bonds. The van der Waals surface area contributed by atoms with Crippen LogP contribution in [0.15, 0.2) is 29.2 Å². The number of carboxylic acids is 1. The second-order valence-corrected chi connectivity index (χ2v) is 6.24. The van der Waals surface area contributed by atoms with Gasteiger partial charge in [-0.25, -0.2) is 14.8 Å². The summed E-state index contributed by atoms with van der Waals surface area (Å²) in [5, 5.41) is 11.7. The smallest absolute Gasteiger partial charge is 0.341 e. The zero-order chi connectivity index (χ0) is 16.3. The number of ether oxygens (including phenoxy) is 1. The minimum atomic E-state index is -1.06. The molecule has 22 heavy (non-hydrogen) atoms. The Morgan fingerprint density at radius 1 is 1.45 bits per heavy atom. The van der Waals surface area contributed by atoms with Crippen LogP contribution in [0.3, 0.4) is 0 Å². The van der Waals surface area contributed by atoms with Gasteiger partial charge in [0.2, 0.25) is 0 Å². The molecule has 1 aromatic rings. The second-order valence-electron chi connectivity index (χ2n) is 4.56. The van der Waals surface area contributed by atoms with E-state index >= 15 is 0 Å². The van der Waals surface area contributed by atoms with Crippen molar-refractivity contribution >= 4 is 46.3 Å². The van der Waals surface area contributed by atoms with Gasteiger partial charge < -0.3 is 9.84 Å². The topological polar surface area (TPSA) is 70.1 Å². The minimum absolute atomic E-state index is 0.215. The maximum Gasteiger partial charge on any atom is 0.341 e. The van der Waals surface area contributed by atoms with E-state index in [9.17, 15) is 9.59 Å². The Balaban J connectivity index is 2.28. The molecule has 0 unspecified atom stereocenters. The summed E-state index contributed by atoms with van der Waals surface area (Å²) in [4.78, 5) is 23.4. The lowest BCUT2D eigenvalue weighted by Gasteiger charge is -2.21. The summed E-state index contributed by atoms with van der Waals surface area (Å²) in [7, 11) is 3.47. The standard InChI is InChI=1S/C14H14N2O4S2/c1-15(2)16-13(19)11(22-14(16)21)7-9-5-3-4-6-10(9)20-8-12(17)18/h3-7H,8H2,1-2H3,(H,17,18)/b11-7-. The first-order valence-corrected chi connectivity index (χ1v) is 7.51. The predicted octanol–water partition coefficient (Wildman–Crippen LogP) is 1.83. The van der Waals surface area contributed by atoms with Crippen molar-refractivity contribution in [3.05, 3.63) is 34.7 Å². The molecule has 0 saturated carbocycles. The van der Waals surface area contributed by atoms with Crippen LogP contribution in [0.25, 0.3) is 6.08 Å². The number of carbonyl (C=O) groups is 2. The number of carbonyl (C=O) groups excluding carboxylic acids is 1. The highest BCUT2D eigenvalue weighted by Crippen LogP contribution is 2.34. The fraction of sp³-hybridized carbons (Fsp3) is 0.214. The van der Waals surface area contributed by atoms with Crippen molar-refractivity contribution in [2.45, 2.75) is 0 Å². The fourth-order valence-electron chi connectivity index (χ4n) is 1.82. The number of thioether (sulfide) groups is 1. The molecular formula is C14H14N2O4S2. The third-order valence-corrected chi connectivity index (χ3v) is 4.01. The molecule has 1 N–H and O–H groups in total. The zero-order valence-corrected chi connectivity index (χ0v) is 13.6. The van der Waals surface area contributed by atoms with Crippen molar-refractivity contribution in [1.29, 1.82) is 0 Å². The molecule has 1 aliphatic heterocycles. The molecule has 0 radical (unpaired) electrons. The van der Waals surface area contributed by atoms with E-state index in [1.807, 2.05) is 0 Å². The lowest BCUT2D eigenvalue weighted by Crippen LogP contribution is -2.39. The van der Waals surface area contributed by atoms with Gasteiger partial charge in [-0.3, -0.25) is 4.79 Å². The Labute approximate surface area is 137 Å². The van der Waals surface area contributed by atoms with Gasteiger partial charge in [-0.15, -0.1) is 0 Å². The van der Waals surface area contributed by atoms with E-state index in [2.05, 4.69) is 0 Å². The van der Waals surface area contributed by atoms with Crippen LogP contribution >= 0.6 is 24.0 Å². The summed E-state index contributed by atoms with van der Waals surface area (Å²) in [6, 6.07) is 6.92. The van der Waals surface area contributed by atoms with Crippen molar-refractivity contribution in [2.75, 3.05) is 20.7 Å². The monoisotopic (exact) mass is 338 g/mol. The summed E-state index contributed by atoms with van der Waals surface area (Å²) in [6.45, 7) is -0.441. The number of rotatable bonds is 5. The van der Waals surface area contributed by atoms with Crippen LogP contribution in [-0.4, -0.2) is 52.0 Å². The van der Waals surface area contributed by atoms with Gasteiger partial charge >= 0.3 is 5.97 Å². The summed E-state index contributed by atoms with van der Waals surface area (Å²) in [5.41, 5.74) is 0.628. The first-order valence-electron chi connectivity index (χ1n) is 6.29. The molecule has 0 aliphatic carbocycles. The number of amides is 1. The van der Waals surface area contributed by atoms with Crippen LogP contribution in [0.5, 0.6) is 5.75 Å². The van der Waals surface area contributed by atoms with E-state index in [-0.39, 0.29) is 5.91 Å². The molecule has 6 nitrogen and oxygen atoms in total. The average Bonchev–Trinajstić information content (AvgIpc) is 2.72. The van der Waals surface area contributed by atoms with Gasteiger partial charge in [0.15, 0.2) is 10.9 Å². The van der Waals surface area contributed by atoms with Crippen LogP contribution in [0.2, 0.25) is 0 Å². The van der Waals surface area contributed by atoms with Gasteiger partial charge in [-0.05, 0) is 12.1 Å². The van der Waals surface area contributed by atoms with Crippen LogP contribution < -0.4 is 4.74 Å². The fourth-order valence-corrected chi connectivity index (χ4v) is 3.21. The molecule has 2 rings (SSSR count). The predicted molar refractivity (Wildman–Crippen MR) is 88.3 cm³/mol. The van der Waals surface area contributed by atoms with Crippen LogP contribution in [-0.2, 0) is 9.59 Å². The Morgan fingerprint density at radius 2 is 2.14 bits per heavy atom. The number of hydrogen-bond donors (Lipinski definition) is 1. The average molecular weight is 338 g/mol. The molecule has 1 saturated heterocycles. The van der Waals surface area contributed by atoms with Gasteiger partial charge in [0.05, 0.1) is 4.91 Å².